The van der Waals surface area contributed by atoms with Gasteiger partial charge >= 0.3 is 0 Å². The minimum absolute atomic E-state index is 0.0450. The lowest BCUT2D eigenvalue weighted by atomic mass is 9.77. The summed E-state index contributed by atoms with van der Waals surface area (Å²) in [4.78, 5) is 25.2. The van der Waals surface area contributed by atoms with E-state index in [9.17, 15) is 18.0 Å². The summed E-state index contributed by atoms with van der Waals surface area (Å²) >= 11 is 0. The molecule has 0 fully saturated rings. The highest BCUT2D eigenvalue weighted by atomic mass is 32.2. The van der Waals surface area contributed by atoms with Crippen molar-refractivity contribution in [3.8, 4) is 5.75 Å². The lowest BCUT2D eigenvalue weighted by Crippen LogP contribution is -2.42. The molecule has 3 aromatic rings. The zero-order valence-electron chi connectivity index (χ0n) is 21.1. The summed E-state index contributed by atoms with van der Waals surface area (Å²) in [6.07, 6.45) is 0.773. The van der Waals surface area contributed by atoms with E-state index in [0.717, 1.165) is 6.42 Å². The van der Waals surface area contributed by atoms with Crippen LogP contribution in [0.25, 0.3) is 0 Å². The van der Waals surface area contributed by atoms with Crippen molar-refractivity contribution in [1.29, 1.82) is 0 Å². The zero-order valence-corrected chi connectivity index (χ0v) is 21.9. The van der Waals surface area contributed by atoms with Crippen molar-refractivity contribution in [2.75, 3.05) is 10.9 Å². The van der Waals surface area contributed by atoms with Crippen LogP contribution in [0.2, 0.25) is 0 Å². The Kier molecular flexibility index (Phi) is 6.62. The Bertz CT molecular complexity index is 1480. The molecule has 37 heavy (non-hydrogen) atoms. The fourth-order valence-corrected chi connectivity index (χ4v) is 5.86. The number of nitrogens with two attached hydrogens (primary N) is 1. The summed E-state index contributed by atoms with van der Waals surface area (Å²) < 4.78 is 49.1. The molecule has 1 aliphatic rings. The van der Waals surface area contributed by atoms with Crippen LogP contribution < -0.4 is 14.8 Å². The van der Waals surface area contributed by atoms with Gasteiger partial charge in [0.2, 0.25) is 5.91 Å². The summed E-state index contributed by atoms with van der Waals surface area (Å²) in [6, 6.07) is 15.5. The van der Waals surface area contributed by atoms with Crippen LogP contribution in [-0.2, 0) is 20.2 Å². The monoisotopic (exact) mass is 524 g/mol. The normalized spacial score (nSPS) is 17.5. The van der Waals surface area contributed by atoms with Crippen molar-refractivity contribution in [3.63, 3.8) is 0 Å². The first-order valence-corrected chi connectivity index (χ1v) is 13.2. The maximum atomic E-state index is 15.1. The molecule has 0 bridgehead atoms. The largest absolute Gasteiger partial charge is 0.494 e. The number of rotatable bonds is 7. The van der Waals surface area contributed by atoms with Crippen LogP contribution in [0.3, 0.4) is 0 Å². The molecule has 1 atom stereocenters. The molecule has 0 aromatic heterocycles. The molecular weight excluding hydrogens is 495 g/mol. The molecular formula is C28H29FN2O5S. The van der Waals surface area contributed by atoms with Crippen LogP contribution in [0.5, 0.6) is 5.75 Å². The first-order valence-electron chi connectivity index (χ1n) is 11.8. The maximum absolute atomic E-state index is 15.1. The number of amides is 2. The van der Waals surface area contributed by atoms with Crippen LogP contribution in [0.1, 0.15) is 55.6 Å². The molecule has 0 saturated heterocycles. The van der Waals surface area contributed by atoms with Crippen LogP contribution in [0.4, 0.5) is 10.1 Å². The van der Waals surface area contributed by atoms with Crippen LogP contribution >= 0.6 is 0 Å². The fourth-order valence-electron chi connectivity index (χ4n) is 4.35. The number of fused-ring (bicyclic) bond motifs is 1. The second-order valence-electron chi connectivity index (χ2n) is 10.4. The SMILES string of the molecule is CC(C)(C)CCOc1ccc2c(c1)C(C)(c1ccccc1F)C(=O)N2S(=O)(=O)c1ccc(C(N)=O)cc1. The highest BCUT2D eigenvalue weighted by molar-refractivity contribution is 7.93. The molecule has 1 heterocycles. The number of carbonyl (C=O) groups is 2. The number of hydrogen-bond acceptors (Lipinski definition) is 5. The molecule has 0 aliphatic carbocycles. The molecule has 2 amide bonds. The maximum Gasteiger partial charge on any atom is 0.270 e. The van der Waals surface area contributed by atoms with Gasteiger partial charge in [-0.05, 0) is 67.3 Å². The lowest BCUT2D eigenvalue weighted by Gasteiger charge is -2.25. The number of nitrogens with zero attached hydrogens (tertiary/aromatic N) is 1. The third-order valence-electron chi connectivity index (χ3n) is 6.55. The van der Waals surface area contributed by atoms with E-state index in [4.69, 9.17) is 10.5 Å². The number of benzene rings is 3. The van der Waals surface area contributed by atoms with Gasteiger partial charge in [0.15, 0.2) is 0 Å². The second kappa shape index (κ2) is 9.30. The van der Waals surface area contributed by atoms with E-state index < -0.39 is 33.1 Å². The predicted molar refractivity (Wildman–Crippen MR) is 138 cm³/mol. The molecule has 194 valence electrons. The average Bonchev–Trinajstić information content (AvgIpc) is 3.06. The van der Waals surface area contributed by atoms with Crippen molar-refractivity contribution in [2.24, 2.45) is 11.1 Å². The molecule has 9 heteroatoms. The first kappa shape index (κ1) is 26.3. The molecule has 0 spiro atoms. The average molecular weight is 525 g/mol. The van der Waals surface area contributed by atoms with E-state index in [0.29, 0.717) is 22.2 Å². The minimum Gasteiger partial charge on any atom is -0.494 e. The summed E-state index contributed by atoms with van der Waals surface area (Å²) in [7, 11) is -4.42. The quantitative estimate of drug-likeness (QED) is 0.479. The molecule has 4 rings (SSSR count). The minimum atomic E-state index is -4.42. The Morgan fingerprint density at radius 1 is 1.03 bits per heavy atom. The number of carbonyl (C=O) groups excluding carboxylic acids is 2. The molecule has 1 unspecified atom stereocenters. The highest BCUT2D eigenvalue weighted by Crippen LogP contribution is 2.49. The topological polar surface area (TPSA) is 107 Å². The van der Waals surface area contributed by atoms with Gasteiger partial charge in [0, 0.05) is 16.7 Å². The Morgan fingerprint density at radius 2 is 1.68 bits per heavy atom. The van der Waals surface area contributed by atoms with E-state index in [1.807, 2.05) is 0 Å². The third-order valence-corrected chi connectivity index (χ3v) is 8.26. The van der Waals surface area contributed by atoms with Crippen molar-refractivity contribution < 1.29 is 27.1 Å². The van der Waals surface area contributed by atoms with Gasteiger partial charge in [-0.1, -0.05) is 39.0 Å². The van der Waals surface area contributed by atoms with E-state index in [-0.39, 0.29) is 27.1 Å². The second-order valence-corrected chi connectivity index (χ2v) is 12.2. The van der Waals surface area contributed by atoms with Crippen LogP contribution in [0, 0.1) is 11.2 Å². The van der Waals surface area contributed by atoms with Gasteiger partial charge in [-0.15, -0.1) is 0 Å². The molecule has 7 nitrogen and oxygen atoms in total. The number of sulfonamides is 1. The van der Waals surface area contributed by atoms with Gasteiger partial charge < -0.3 is 10.5 Å². The van der Waals surface area contributed by atoms with Crippen LogP contribution in [-0.4, -0.2) is 26.8 Å². The Morgan fingerprint density at radius 3 is 2.27 bits per heavy atom. The number of anilines is 1. The Hall–Kier alpha value is -3.72. The van der Waals surface area contributed by atoms with Gasteiger partial charge in [0.1, 0.15) is 17.0 Å². The fraction of sp³-hybridized carbons (Fsp3) is 0.286. The van der Waals surface area contributed by atoms with E-state index in [1.165, 1.54) is 55.5 Å². The molecule has 0 saturated carbocycles. The summed E-state index contributed by atoms with van der Waals surface area (Å²) in [5.41, 5.74) is 4.28. The molecule has 0 radical (unpaired) electrons. The molecule has 3 aromatic carbocycles. The van der Waals surface area contributed by atoms with Gasteiger partial charge in [-0.3, -0.25) is 9.59 Å². The summed E-state index contributed by atoms with van der Waals surface area (Å²) in [6.45, 7) is 8.20. The van der Waals surface area contributed by atoms with Crippen molar-refractivity contribution >= 4 is 27.5 Å². The van der Waals surface area contributed by atoms with Crippen LogP contribution in [0.15, 0.2) is 71.6 Å². The summed E-state index contributed by atoms with van der Waals surface area (Å²) in [5, 5.41) is 0. The standard InChI is InChI=1S/C28H29FN2O5S/c1-27(2,3)15-16-36-19-11-14-24-22(17-19)28(4,21-7-5-6-8-23(21)29)26(33)31(24)37(34,35)20-12-9-18(10-13-20)25(30)32/h5-14,17H,15-16H2,1-4H3,(H2,30,32). The highest BCUT2D eigenvalue weighted by Gasteiger charge is 2.54. The van der Waals surface area contributed by atoms with Gasteiger partial charge in [0.05, 0.1) is 17.2 Å². The Balaban J connectivity index is 1.85. The van der Waals surface area contributed by atoms with Gasteiger partial charge in [0.25, 0.3) is 15.9 Å². The number of primary amides is 1. The van der Waals surface area contributed by atoms with E-state index in [1.54, 1.807) is 18.2 Å². The molecule has 2 N–H and O–H groups in total. The smallest absolute Gasteiger partial charge is 0.270 e. The zero-order chi connectivity index (χ0) is 27.2. The van der Waals surface area contributed by atoms with Gasteiger partial charge in [-0.2, -0.15) is 0 Å². The number of ether oxygens (including phenoxy) is 1. The predicted octanol–water partition coefficient (Wildman–Crippen LogP) is 4.78. The number of halogens is 1. The van der Waals surface area contributed by atoms with E-state index in [2.05, 4.69) is 20.8 Å². The first-order chi connectivity index (χ1) is 17.3. The van der Waals surface area contributed by atoms with Crippen molar-refractivity contribution in [1.82, 2.24) is 0 Å². The third kappa shape index (κ3) is 4.71. The number of hydrogen-bond donors (Lipinski definition) is 1. The van der Waals surface area contributed by atoms with Crippen molar-refractivity contribution in [3.05, 3.63) is 89.2 Å². The van der Waals surface area contributed by atoms with Crippen molar-refractivity contribution in [2.45, 2.75) is 44.4 Å². The molecule has 1 aliphatic heterocycles. The Labute approximate surface area is 216 Å². The van der Waals surface area contributed by atoms with Gasteiger partial charge in [-0.25, -0.2) is 17.1 Å². The summed E-state index contributed by atoms with van der Waals surface area (Å²) in [5.74, 6) is -1.71. The lowest BCUT2D eigenvalue weighted by molar-refractivity contribution is -0.120. The van der Waals surface area contributed by atoms with E-state index >= 15 is 4.39 Å².